The van der Waals surface area contributed by atoms with Crippen molar-refractivity contribution < 1.29 is 19.2 Å². The Morgan fingerprint density at radius 2 is 2.32 bits per heavy atom. The Balaban J connectivity index is 2.30. The van der Waals surface area contributed by atoms with Crippen LogP contribution in [-0.2, 0) is 11.2 Å². The van der Waals surface area contributed by atoms with Gasteiger partial charge < -0.3 is 20.3 Å². The number of hydrogen-bond donors (Lipinski definition) is 3. The minimum atomic E-state index is -1.11. The van der Waals surface area contributed by atoms with Crippen molar-refractivity contribution in [3.8, 4) is 0 Å². The molecule has 0 radical (unpaired) electrons. The average molecular weight is 268 g/mol. The summed E-state index contributed by atoms with van der Waals surface area (Å²) >= 11 is 0. The van der Waals surface area contributed by atoms with E-state index in [4.69, 9.17) is 9.63 Å². The molecule has 8 heteroatoms. The monoisotopic (exact) mass is 268 g/mol. The third-order valence-corrected chi connectivity index (χ3v) is 2.20. The first-order chi connectivity index (χ1) is 9.02. The maximum Gasteiger partial charge on any atom is 0.326 e. The van der Waals surface area contributed by atoms with E-state index in [1.165, 1.54) is 6.08 Å². The number of amides is 2. The fourth-order valence-electron chi connectivity index (χ4n) is 1.32. The predicted octanol–water partition coefficient (Wildman–Crippen LogP) is 0.249. The lowest BCUT2D eigenvalue weighted by atomic mass is 10.2. The summed E-state index contributed by atoms with van der Waals surface area (Å²) in [6.45, 7) is 5.40. The highest BCUT2D eigenvalue weighted by molar-refractivity contribution is 5.82. The second kappa shape index (κ2) is 7.14. The van der Waals surface area contributed by atoms with E-state index in [-0.39, 0.29) is 13.0 Å². The standard InChI is InChI=1S/C11H16N4O4/c1-3-4-8(10(16)17)14-11(18)12-6-5-9-13-7(2)15-19-9/h3,8H,1,4-6H2,2H3,(H,16,17)(H2,12,14,18). The fraction of sp³-hybridized carbons (Fsp3) is 0.455. The lowest BCUT2D eigenvalue weighted by molar-refractivity contribution is -0.139. The molecule has 0 aromatic carbocycles. The van der Waals surface area contributed by atoms with Gasteiger partial charge in [0, 0.05) is 13.0 Å². The van der Waals surface area contributed by atoms with Crippen molar-refractivity contribution in [3.63, 3.8) is 0 Å². The maximum absolute atomic E-state index is 11.4. The molecule has 1 heterocycles. The zero-order valence-electron chi connectivity index (χ0n) is 10.5. The Hall–Kier alpha value is -2.38. The van der Waals surface area contributed by atoms with Gasteiger partial charge in [0.25, 0.3) is 0 Å². The van der Waals surface area contributed by atoms with Crippen LogP contribution >= 0.6 is 0 Å². The minimum Gasteiger partial charge on any atom is -0.480 e. The van der Waals surface area contributed by atoms with E-state index in [9.17, 15) is 9.59 Å². The van der Waals surface area contributed by atoms with Crippen LogP contribution in [0.3, 0.4) is 0 Å². The summed E-state index contributed by atoms with van der Waals surface area (Å²) in [6.07, 6.45) is 1.97. The minimum absolute atomic E-state index is 0.158. The molecule has 0 saturated heterocycles. The first-order valence-corrected chi connectivity index (χ1v) is 5.70. The second-order valence-electron chi connectivity index (χ2n) is 3.80. The van der Waals surface area contributed by atoms with Crippen LogP contribution in [0.2, 0.25) is 0 Å². The summed E-state index contributed by atoms with van der Waals surface area (Å²) < 4.78 is 4.86. The SMILES string of the molecule is C=CCC(NC(=O)NCCc1nc(C)no1)C(=O)O. The van der Waals surface area contributed by atoms with Crippen molar-refractivity contribution in [2.75, 3.05) is 6.54 Å². The number of hydrogen-bond acceptors (Lipinski definition) is 5. The number of carbonyl (C=O) groups is 2. The van der Waals surface area contributed by atoms with Gasteiger partial charge in [-0.3, -0.25) is 0 Å². The normalized spacial score (nSPS) is 11.6. The molecule has 8 nitrogen and oxygen atoms in total. The largest absolute Gasteiger partial charge is 0.480 e. The van der Waals surface area contributed by atoms with E-state index < -0.39 is 18.0 Å². The lowest BCUT2D eigenvalue weighted by Crippen LogP contribution is -2.46. The van der Waals surface area contributed by atoms with E-state index in [1.807, 2.05) is 0 Å². The molecule has 0 fully saturated rings. The van der Waals surface area contributed by atoms with Gasteiger partial charge in [-0.15, -0.1) is 6.58 Å². The molecule has 0 aliphatic heterocycles. The van der Waals surface area contributed by atoms with Crippen LogP contribution in [0.5, 0.6) is 0 Å². The van der Waals surface area contributed by atoms with E-state index in [0.717, 1.165) is 0 Å². The Morgan fingerprint density at radius 1 is 1.58 bits per heavy atom. The number of aryl methyl sites for hydroxylation is 1. The number of carbonyl (C=O) groups excluding carboxylic acids is 1. The van der Waals surface area contributed by atoms with E-state index in [1.54, 1.807) is 6.92 Å². The Kier molecular flexibility index (Phi) is 5.52. The van der Waals surface area contributed by atoms with E-state index in [2.05, 4.69) is 27.4 Å². The zero-order valence-corrected chi connectivity index (χ0v) is 10.5. The quantitative estimate of drug-likeness (QED) is 0.610. The number of aliphatic carboxylic acids is 1. The summed E-state index contributed by atoms with van der Waals surface area (Å²) in [4.78, 5) is 26.2. The summed E-state index contributed by atoms with van der Waals surface area (Å²) in [6, 6.07) is -1.55. The second-order valence-corrected chi connectivity index (χ2v) is 3.80. The molecule has 0 aliphatic rings. The summed E-state index contributed by atoms with van der Waals surface area (Å²) in [5.41, 5.74) is 0. The van der Waals surface area contributed by atoms with Gasteiger partial charge in [-0.1, -0.05) is 11.2 Å². The summed E-state index contributed by atoms with van der Waals surface area (Å²) in [5.74, 6) is -0.169. The first kappa shape index (κ1) is 14.7. The molecule has 1 atom stereocenters. The highest BCUT2D eigenvalue weighted by Gasteiger charge is 2.17. The molecule has 1 aromatic rings. The molecule has 0 aliphatic carbocycles. The van der Waals surface area contributed by atoms with Crippen LogP contribution < -0.4 is 10.6 Å². The van der Waals surface area contributed by atoms with Crippen molar-refractivity contribution in [1.82, 2.24) is 20.8 Å². The Labute approximate surface area is 109 Å². The van der Waals surface area contributed by atoms with Crippen LogP contribution in [-0.4, -0.2) is 39.8 Å². The Bertz CT molecular complexity index is 457. The van der Waals surface area contributed by atoms with Crippen LogP contribution in [0.4, 0.5) is 4.79 Å². The molecule has 0 saturated carbocycles. The molecule has 104 valence electrons. The van der Waals surface area contributed by atoms with Gasteiger partial charge in [-0.2, -0.15) is 4.98 Å². The number of carboxylic acids is 1. The van der Waals surface area contributed by atoms with Gasteiger partial charge in [0.2, 0.25) is 5.89 Å². The smallest absolute Gasteiger partial charge is 0.326 e. The lowest BCUT2D eigenvalue weighted by Gasteiger charge is -2.12. The van der Waals surface area contributed by atoms with Gasteiger partial charge in [-0.25, -0.2) is 9.59 Å². The first-order valence-electron chi connectivity index (χ1n) is 5.70. The van der Waals surface area contributed by atoms with Crippen LogP contribution in [0.1, 0.15) is 18.1 Å². The van der Waals surface area contributed by atoms with E-state index >= 15 is 0 Å². The third-order valence-electron chi connectivity index (χ3n) is 2.20. The van der Waals surface area contributed by atoms with Gasteiger partial charge >= 0.3 is 12.0 Å². The van der Waals surface area contributed by atoms with Crippen molar-refractivity contribution in [2.24, 2.45) is 0 Å². The molecular formula is C11H16N4O4. The highest BCUT2D eigenvalue weighted by atomic mass is 16.5. The molecule has 1 aromatic heterocycles. The molecule has 2 amide bonds. The number of nitrogens with one attached hydrogen (secondary N) is 2. The third kappa shape index (κ3) is 5.19. The predicted molar refractivity (Wildman–Crippen MR) is 65.5 cm³/mol. The van der Waals surface area contributed by atoms with Gasteiger partial charge in [-0.05, 0) is 13.3 Å². The van der Waals surface area contributed by atoms with Gasteiger partial charge in [0.05, 0.1) is 0 Å². The van der Waals surface area contributed by atoms with Crippen LogP contribution in [0.15, 0.2) is 17.2 Å². The van der Waals surface area contributed by atoms with Crippen molar-refractivity contribution >= 4 is 12.0 Å². The number of rotatable bonds is 7. The van der Waals surface area contributed by atoms with Crippen molar-refractivity contribution in [2.45, 2.75) is 25.8 Å². The van der Waals surface area contributed by atoms with E-state index in [0.29, 0.717) is 18.1 Å². The number of urea groups is 1. The average Bonchev–Trinajstić information content (AvgIpc) is 2.74. The maximum atomic E-state index is 11.4. The molecule has 3 N–H and O–H groups in total. The highest BCUT2D eigenvalue weighted by Crippen LogP contribution is 1.96. The van der Waals surface area contributed by atoms with Crippen LogP contribution in [0.25, 0.3) is 0 Å². The fourth-order valence-corrected chi connectivity index (χ4v) is 1.32. The summed E-state index contributed by atoms with van der Waals surface area (Å²) in [7, 11) is 0. The van der Waals surface area contributed by atoms with Crippen molar-refractivity contribution in [1.29, 1.82) is 0 Å². The molecule has 19 heavy (non-hydrogen) atoms. The van der Waals surface area contributed by atoms with Gasteiger partial charge in [0.15, 0.2) is 5.82 Å². The Morgan fingerprint density at radius 3 is 2.84 bits per heavy atom. The number of carboxylic acid groups (broad SMARTS) is 1. The molecule has 0 spiro atoms. The topological polar surface area (TPSA) is 117 Å². The molecule has 0 bridgehead atoms. The van der Waals surface area contributed by atoms with Gasteiger partial charge in [0.1, 0.15) is 6.04 Å². The van der Waals surface area contributed by atoms with Crippen LogP contribution in [0, 0.1) is 6.92 Å². The summed E-state index contributed by atoms with van der Waals surface area (Å²) in [5, 5.41) is 17.3. The number of aromatic nitrogens is 2. The number of nitrogens with zero attached hydrogens (tertiary/aromatic N) is 2. The molecule has 1 unspecified atom stereocenters. The van der Waals surface area contributed by atoms with Crippen molar-refractivity contribution in [3.05, 3.63) is 24.4 Å². The molecule has 1 rings (SSSR count). The zero-order chi connectivity index (χ0) is 14.3. The molecular weight excluding hydrogens is 252 g/mol.